The van der Waals surface area contributed by atoms with Crippen LogP contribution in [0.15, 0.2) is 60.8 Å². The third-order valence-electron chi connectivity index (χ3n) is 5.61. The normalized spacial score (nSPS) is 15.7. The summed E-state index contributed by atoms with van der Waals surface area (Å²) in [5, 5.41) is 7.70. The van der Waals surface area contributed by atoms with Crippen LogP contribution in [0.4, 0.5) is 5.69 Å². The first-order valence-electron chi connectivity index (χ1n) is 10.9. The Morgan fingerprint density at radius 2 is 1.97 bits per heavy atom. The predicted molar refractivity (Wildman–Crippen MR) is 125 cm³/mol. The maximum atomic E-state index is 12.9. The summed E-state index contributed by atoms with van der Waals surface area (Å²) in [6, 6.07) is 16.7. The third kappa shape index (κ3) is 5.19. The fraction of sp³-hybridized carbons (Fsp3) is 0.333. The highest BCUT2D eigenvalue weighted by Crippen LogP contribution is 2.30. The molecule has 1 atom stereocenters. The fourth-order valence-corrected chi connectivity index (χ4v) is 5.25. The SMILES string of the molecule is CCCS(=O)(=O)Nc1cccc(C(=O)NC2CCCc3c2cnn3Cc2ccccc2)c1. The molecule has 2 aromatic carbocycles. The zero-order valence-corrected chi connectivity index (χ0v) is 18.9. The number of fused-ring (bicyclic) bond motifs is 1. The second-order valence-corrected chi connectivity index (χ2v) is 9.95. The first kappa shape index (κ1) is 22.1. The fourth-order valence-electron chi connectivity index (χ4n) is 4.13. The van der Waals surface area contributed by atoms with Gasteiger partial charge in [0, 0.05) is 22.5 Å². The number of sulfonamides is 1. The molecule has 8 heteroatoms. The Morgan fingerprint density at radius 1 is 1.16 bits per heavy atom. The third-order valence-corrected chi connectivity index (χ3v) is 7.11. The minimum absolute atomic E-state index is 0.0429. The van der Waals surface area contributed by atoms with Gasteiger partial charge in [-0.05, 0) is 49.4 Å². The quantitative estimate of drug-likeness (QED) is 0.542. The first-order valence-corrected chi connectivity index (χ1v) is 12.6. The van der Waals surface area contributed by atoms with E-state index in [4.69, 9.17) is 0 Å². The van der Waals surface area contributed by atoms with Gasteiger partial charge in [-0.2, -0.15) is 5.10 Å². The lowest BCUT2D eigenvalue weighted by Gasteiger charge is -2.24. The van der Waals surface area contributed by atoms with E-state index in [1.54, 1.807) is 24.3 Å². The van der Waals surface area contributed by atoms with Gasteiger partial charge in [-0.3, -0.25) is 14.2 Å². The van der Waals surface area contributed by atoms with Gasteiger partial charge in [-0.1, -0.05) is 43.3 Å². The van der Waals surface area contributed by atoms with Crippen molar-refractivity contribution in [3.8, 4) is 0 Å². The average Bonchev–Trinajstić information content (AvgIpc) is 3.18. The van der Waals surface area contributed by atoms with Crippen molar-refractivity contribution in [2.45, 2.75) is 45.2 Å². The Hall–Kier alpha value is -3.13. The molecule has 3 aromatic rings. The van der Waals surface area contributed by atoms with Crippen molar-refractivity contribution in [2.75, 3.05) is 10.5 Å². The van der Waals surface area contributed by atoms with Crippen molar-refractivity contribution in [1.82, 2.24) is 15.1 Å². The topological polar surface area (TPSA) is 93.1 Å². The maximum Gasteiger partial charge on any atom is 0.251 e. The van der Waals surface area contributed by atoms with Crippen LogP contribution in [-0.2, 0) is 23.0 Å². The van der Waals surface area contributed by atoms with E-state index >= 15 is 0 Å². The molecule has 1 heterocycles. The molecule has 0 spiro atoms. The van der Waals surface area contributed by atoms with Crippen LogP contribution in [0.25, 0.3) is 0 Å². The number of anilines is 1. The average molecular weight is 453 g/mol. The van der Waals surface area contributed by atoms with Crippen molar-refractivity contribution in [3.05, 3.63) is 83.2 Å². The number of carbonyl (C=O) groups is 1. The Kier molecular flexibility index (Phi) is 6.60. The number of nitrogens with one attached hydrogen (secondary N) is 2. The molecule has 7 nitrogen and oxygen atoms in total. The Balaban J connectivity index is 1.48. The van der Waals surface area contributed by atoms with Gasteiger partial charge in [0.2, 0.25) is 10.0 Å². The molecule has 0 saturated heterocycles. The van der Waals surface area contributed by atoms with E-state index in [1.807, 2.05) is 36.0 Å². The number of benzene rings is 2. The zero-order chi connectivity index (χ0) is 22.6. The molecule has 168 valence electrons. The van der Waals surface area contributed by atoms with Crippen LogP contribution in [0.1, 0.15) is 59.4 Å². The predicted octanol–water partition coefficient (Wildman–Crippen LogP) is 3.89. The number of hydrogen-bond acceptors (Lipinski definition) is 4. The largest absolute Gasteiger partial charge is 0.345 e. The molecular formula is C24H28N4O3S. The van der Waals surface area contributed by atoms with Crippen molar-refractivity contribution in [2.24, 2.45) is 0 Å². The number of aromatic nitrogens is 2. The monoisotopic (exact) mass is 452 g/mol. The number of carbonyl (C=O) groups excluding carboxylic acids is 1. The zero-order valence-electron chi connectivity index (χ0n) is 18.1. The summed E-state index contributed by atoms with van der Waals surface area (Å²) in [7, 11) is -3.41. The first-order chi connectivity index (χ1) is 15.4. The summed E-state index contributed by atoms with van der Waals surface area (Å²) in [5.74, 6) is -0.184. The summed E-state index contributed by atoms with van der Waals surface area (Å²) in [6.45, 7) is 2.51. The summed E-state index contributed by atoms with van der Waals surface area (Å²) < 4.78 is 28.7. The van der Waals surface area contributed by atoms with E-state index in [9.17, 15) is 13.2 Å². The van der Waals surface area contributed by atoms with Crippen LogP contribution in [-0.4, -0.2) is 29.9 Å². The molecule has 1 aliphatic carbocycles. The Labute approximate surface area is 188 Å². The van der Waals surface area contributed by atoms with E-state index < -0.39 is 10.0 Å². The number of nitrogens with zero attached hydrogens (tertiary/aromatic N) is 2. The molecule has 0 aliphatic heterocycles. The number of hydrogen-bond donors (Lipinski definition) is 2. The summed E-state index contributed by atoms with van der Waals surface area (Å²) in [5.41, 5.74) is 4.22. The molecule has 32 heavy (non-hydrogen) atoms. The lowest BCUT2D eigenvalue weighted by atomic mass is 9.92. The summed E-state index contributed by atoms with van der Waals surface area (Å²) in [6.07, 6.45) is 5.13. The van der Waals surface area contributed by atoms with Crippen LogP contribution in [0, 0.1) is 0 Å². The van der Waals surface area contributed by atoms with Crippen molar-refractivity contribution < 1.29 is 13.2 Å². The molecule has 0 bridgehead atoms. The van der Waals surface area contributed by atoms with E-state index in [-0.39, 0.29) is 17.7 Å². The molecule has 1 aromatic heterocycles. The van der Waals surface area contributed by atoms with Crippen molar-refractivity contribution >= 4 is 21.6 Å². The van der Waals surface area contributed by atoms with Gasteiger partial charge in [0.25, 0.3) is 5.91 Å². The molecule has 0 fully saturated rings. The molecule has 1 aliphatic rings. The van der Waals surface area contributed by atoms with Gasteiger partial charge in [-0.25, -0.2) is 8.42 Å². The molecule has 1 unspecified atom stereocenters. The summed E-state index contributed by atoms with van der Waals surface area (Å²) >= 11 is 0. The van der Waals surface area contributed by atoms with Gasteiger partial charge in [-0.15, -0.1) is 0 Å². The van der Waals surface area contributed by atoms with Gasteiger partial charge in [0.1, 0.15) is 0 Å². The van der Waals surface area contributed by atoms with E-state index in [2.05, 4.69) is 27.3 Å². The van der Waals surface area contributed by atoms with Gasteiger partial charge < -0.3 is 5.32 Å². The van der Waals surface area contributed by atoms with Crippen molar-refractivity contribution in [3.63, 3.8) is 0 Å². The number of rotatable bonds is 8. The second-order valence-electron chi connectivity index (χ2n) is 8.11. The lowest BCUT2D eigenvalue weighted by molar-refractivity contribution is 0.0932. The highest BCUT2D eigenvalue weighted by atomic mass is 32.2. The van der Waals surface area contributed by atoms with Crippen molar-refractivity contribution in [1.29, 1.82) is 0 Å². The number of amides is 1. The highest BCUT2D eigenvalue weighted by Gasteiger charge is 2.26. The molecule has 0 saturated carbocycles. The highest BCUT2D eigenvalue weighted by molar-refractivity contribution is 7.92. The maximum absolute atomic E-state index is 12.9. The molecule has 2 N–H and O–H groups in total. The molecule has 0 radical (unpaired) electrons. The Bertz CT molecular complexity index is 1190. The van der Waals surface area contributed by atoms with Gasteiger partial charge in [0.15, 0.2) is 0 Å². The molecule has 1 amide bonds. The molecular weight excluding hydrogens is 424 g/mol. The van der Waals surface area contributed by atoms with Gasteiger partial charge in [0.05, 0.1) is 24.5 Å². The van der Waals surface area contributed by atoms with E-state index in [0.29, 0.717) is 24.2 Å². The molecule has 4 rings (SSSR count). The standard InChI is InChI=1S/C24H28N4O3S/c1-2-14-32(30,31)27-20-11-6-10-19(15-20)24(29)26-22-12-7-13-23-21(22)16-25-28(23)17-18-8-4-3-5-9-18/h3-6,8-11,15-16,22,27H,2,7,12-14,17H2,1H3,(H,26,29). The van der Waals surface area contributed by atoms with Crippen LogP contribution in [0.2, 0.25) is 0 Å². The summed E-state index contributed by atoms with van der Waals surface area (Å²) in [4.78, 5) is 12.9. The minimum Gasteiger partial charge on any atom is -0.345 e. The van der Waals surface area contributed by atoms with E-state index in [1.165, 1.54) is 5.56 Å². The second kappa shape index (κ2) is 9.56. The van der Waals surface area contributed by atoms with Crippen LogP contribution in [0.3, 0.4) is 0 Å². The lowest BCUT2D eigenvalue weighted by Crippen LogP contribution is -2.31. The minimum atomic E-state index is -3.41. The van der Waals surface area contributed by atoms with Crippen LogP contribution in [0.5, 0.6) is 0 Å². The smallest absolute Gasteiger partial charge is 0.251 e. The van der Waals surface area contributed by atoms with Gasteiger partial charge >= 0.3 is 0 Å². The van der Waals surface area contributed by atoms with E-state index in [0.717, 1.165) is 30.5 Å². The van der Waals surface area contributed by atoms with Crippen LogP contribution >= 0.6 is 0 Å². The Morgan fingerprint density at radius 3 is 2.75 bits per heavy atom. The van der Waals surface area contributed by atoms with Crippen LogP contribution < -0.4 is 10.0 Å².